The summed E-state index contributed by atoms with van der Waals surface area (Å²) in [6, 6.07) is 9.22. The van der Waals surface area contributed by atoms with Gasteiger partial charge in [0.2, 0.25) is 5.13 Å². The van der Waals surface area contributed by atoms with Crippen LogP contribution in [-0.4, -0.2) is 39.4 Å². The molecule has 0 aliphatic heterocycles. The number of nitrogens with one attached hydrogen (secondary N) is 1. The molecule has 0 aliphatic carbocycles. The summed E-state index contributed by atoms with van der Waals surface area (Å²) in [5.74, 6) is -0.424. The highest BCUT2D eigenvalue weighted by Crippen LogP contribution is 2.26. The Morgan fingerprint density at radius 2 is 2.08 bits per heavy atom. The fourth-order valence-corrected chi connectivity index (χ4v) is 3.85. The lowest BCUT2D eigenvalue weighted by Gasteiger charge is -2.07. The number of benzene rings is 1. The number of fused-ring (bicyclic) bond motifs is 1. The van der Waals surface area contributed by atoms with Crippen molar-refractivity contribution in [3.8, 4) is 0 Å². The van der Waals surface area contributed by atoms with Crippen LogP contribution in [0.15, 0.2) is 34.7 Å². The molecular formula is C17H16N4O3S2. The molecule has 0 bridgehead atoms. The molecule has 0 aliphatic rings. The zero-order valence-corrected chi connectivity index (χ0v) is 15.8. The van der Waals surface area contributed by atoms with Crippen molar-refractivity contribution in [2.24, 2.45) is 0 Å². The van der Waals surface area contributed by atoms with E-state index < -0.39 is 0 Å². The summed E-state index contributed by atoms with van der Waals surface area (Å²) in [7, 11) is 0. The van der Waals surface area contributed by atoms with Gasteiger partial charge in [-0.3, -0.25) is 19.9 Å². The first-order valence-corrected chi connectivity index (χ1v) is 9.66. The van der Waals surface area contributed by atoms with E-state index in [4.69, 9.17) is 4.74 Å². The number of carbonyl (C=O) groups excluding carboxylic acids is 2. The minimum Gasteiger partial charge on any atom is -0.465 e. The van der Waals surface area contributed by atoms with E-state index in [2.05, 4.69) is 20.5 Å². The molecule has 134 valence electrons. The van der Waals surface area contributed by atoms with Crippen LogP contribution in [0.5, 0.6) is 0 Å². The highest BCUT2D eigenvalue weighted by Gasteiger charge is 2.15. The Bertz CT molecular complexity index is 958. The summed E-state index contributed by atoms with van der Waals surface area (Å²) in [6.07, 6.45) is 0. The van der Waals surface area contributed by atoms with Crippen LogP contribution in [0.3, 0.4) is 0 Å². The SMILES string of the molecule is CCOC(=O)CSc1nnc(NC(=O)c2cc(C)nc3ccccc23)s1. The summed E-state index contributed by atoms with van der Waals surface area (Å²) in [5.41, 5.74) is 2.06. The molecule has 0 radical (unpaired) electrons. The van der Waals surface area contributed by atoms with Crippen LogP contribution < -0.4 is 5.32 Å². The highest BCUT2D eigenvalue weighted by molar-refractivity contribution is 8.01. The average molecular weight is 388 g/mol. The third-order valence-corrected chi connectivity index (χ3v) is 5.28. The number of aromatic nitrogens is 3. The van der Waals surface area contributed by atoms with Gasteiger partial charge in [0.05, 0.1) is 23.4 Å². The molecule has 3 aromatic rings. The van der Waals surface area contributed by atoms with Crippen molar-refractivity contribution in [2.75, 3.05) is 17.7 Å². The first-order valence-electron chi connectivity index (χ1n) is 7.86. The quantitative estimate of drug-likeness (QED) is 0.393. The Labute approximate surface area is 158 Å². The van der Waals surface area contributed by atoms with Gasteiger partial charge in [0.15, 0.2) is 4.34 Å². The normalized spacial score (nSPS) is 10.7. The standard InChI is InChI=1S/C17H16N4O3S2/c1-3-24-14(22)9-25-17-21-20-16(26-17)19-15(23)12-8-10(2)18-13-7-5-4-6-11(12)13/h4-8H,3,9H2,1-2H3,(H,19,20,23). The van der Waals surface area contributed by atoms with Gasteiger partial charge in [-0.2, -0.15) is 0 Å². The zero-order chi connectivity index (χ0) is 18.5. The third kappa shape index (κ3) is 4.36. The van der Waals surface area contributed by atoms with Gasteiger partial charge >= 0.3 is 5.97 Å². The molecular weight excluding hydrogens is 372 g/mol. The number of carbonyl (C=O) groups is 2. The van der Waals surface area contributed by atoms with E-state index in [9.17, 15) is 9.59 Å². The maximum atomic E-state index is 12.7. The van der Waals surface area contributed by atoms with Crippen LogP contribution >= 0.6 is 23.1 Å². The summed E-state index contributed by atoms with van der Waals surface area (Å²) < 4.78 is 5.45. The van der Waals surface area contributed by atoms with Crippen molar-refractivity contribution in [3.05, 3.63) is 41.6 Å². The predicted molar refractivity (Wildman–Crippen MR) is 102 cm³/mol. The molecule has 1 aromatic carbocycles. The molecule has 0 spiro atoms. The fraction of sp³-hybridized carbons (Fsp3) is 0.235. The van der Waals surface area contributed by atoms with Crippen molar-refractivity contribution in [2.45, 2.75) is 18.2 Å². The van der Waals surface area contributed by atoms with E-state index in [0.29, 0.717) is 21.6 Å². The maximum absolute atomic E-state index is 12.7. The lowest BCUT2D eigenvalue weighted by atomic mass is 10.1. The molecule has 1 amide bonds. The van der Waals surface area contributed by atoms with Crippen LogP contribution in [0.2, 0.25) is 0 Å². The topological polar surface area (TPSA) is 94.1 Å². The average Bonchev–Trinajstić information content (AvgIpc) is 3.07. The van der Waals surface area contributed by atoms with Gasteiger partial charge in [0.1, 0.15) is 0 Å². The van der Waals surface area contributed by atoms with E-state index in [0.717, 1.165) is 16.6 Å². The van der Waals surface area contributed by atoms with Gasteiger partial charge in [-0.1, -0.05) is 41.3 Å². The van der Waals surface area contributed by atoms with Gasteiger partial charge in [-0.05, 0) is 26.0 Å². The number of rotatable bonds is 6. The number of para-hydroxylation sites is 1. The monoisotopic (exact) mass is 388 g/mol. The molecule has 7 nitrogen and oxygen atoms in total. The second-order valence-electron chi connectivity index (χ2n) is 5.25. The summed E-state index contributed by atoms with van der Waals surface area (Å²) in [5, 5.41) is 11.8. The molecule has 1 N–H and O–H groups in total. The largest absolute Gasteiger partial charge is 0.465 e. The van der Waals surface area contributed by atoms with Crippen molar-refractivity contribution < 1.29 is 14.3 Å². The molecule has 0 saturated carbocycles. The number of ether oxygens (including phenoxy) is 1. The Morgan fingerprint density at radius 1 is 1.27 bits per heavy atom. The van der Waals surface area contributed by atoms with E-state index >= 15 is 0 Å². The minimum atomic E-state index is -0.308. The number of hydrogen-bond donors (Lipinski definition) is 1. The van der Waals surface area contributed by atoms with Crippen molar-refractivity contribution >= 4 is 51.0 Å². The summed E-state index contributed by atoms with van der Waals surface area (Å²) >= 11 is 2.44. The third-order valence-electron chi connectivity index (χ3n) is 3.33. The maximum Gasteiger partial charge on any atom is 0.316 e. The van der Waals surface area contributed by atoms with Crippen LogP contribution in [0, 0.1) is 6.92 Å². The number of pyridine rings is 1. The van der Waals surface area contributed by atoms with Crippen molar-refractivity contribution in [1.29, 1.82) is 0 Å². The number of esters is 1. The lowest BCUT2D eigenvalue weighted by molar-refractivity contribution is -0.139. The van der Waals surface area contributed by atoms with Crippen LogP contribution in [0.1, 0.15) is 23.0 Å². The number of hydrogen-bond acceptors (Lipinski definition) is 8. The van der Waals surface area contributed by atoms with Gasteiger partial charge in [0.25, 0.3) is 5.91 Å². The Hall–Kier alpha value is -2.52. The van der Waals surface area contributed by atoms with Crippen molar-refractivity contribution in [3.63, 3.8) is 0 Å². The van der Waals surface area contributed by atoms with Gasteiger partial charge < -0.3 is 4.74 Å². The van der Waals surface area contributed by atoms with Gasteiger partial charge in [-0.15, -0.1) is 10.2 Å². The molecule has 9 heteroatoms. The zero-order valence-electron chi connectivity index (χ0n) is 14.2. The summed E-state index contributed by atoms with van der Waals surface area (Å²) in [4.78, 5) is 28.5. The molecule has 0 unspecified atom stereocenters. The second kappa shape index (κ2) is 8.24. The van der Waals surface area contributed by atoms with Crippen LogP contribution in [0.25, 0.3) is 10.9 Å². The predicted octanol–water partition coefficient (Wildman–Crippen LogP) is 3.30. The number of aryl methyl sites for hydroxylation is 1. The molecule has 3 rings (SSSR count). The Morgan fingerprint density at radius 3 is 2.88 bits per heavy atom. The minimum absolute atomic E-state index is 0.157. The van der Waals surface area contributed by atoms with E-state index in [1.165, 1.54) is 23.1 Å². The number of amides is 1. The number of anilines is 1. The van der Waals surface area contributed by atoms with Gasteiger partial charge in [-0.25, -0.2) is 0 Å². The molecule has 0 atom stereocenters. The first-order chi connectivity index (χ1) is 12.6. The lowest BCUT2D eigenvalue weighted by Crippen LogP contribution is -2.13. The van der Waals surface area contributed by atoms with Crippen LogP contribution in [-0.2, 0) is 9.53 Å². The molecule has 0 saturated heterocycles. The second-order valence-corrected chi connectivity index (χ2v) is 7.45. The first kappa shape index (κ1) is 18.3. The molecule has 2 heterocycles. The van der Waals surface area contributed by atoms with E-state index in [-0.39, 0.29) is 17.6 Å². The van der Waals surface area contributed by atoms with Gasteiger partial charge in [0, 0.05) is 11.1 Å². The number of thioether (sulfide) groups is 1. The van der Waals surface area contributed by atoms with E-state index in [1.807, 2.05) is 31.2 Å². The van der Waals surface area contributed by atoms with E-state index in [1.54, 1.807) is 13.0 Å². The fourth-order valence-electron chi connectivity index (χ4n) is 2.30. The molecule has 0 fully saturated rings. The number of nitrogens with zero attached hydrogens (tertiary/aromatic N) is 3. The van der Waals surface area contributed by atoms with Crippen molar-refractivity contribution in [1.82, 2.24) is 15.2 Å². The van der Waals surface area contributed by atoms with Crippen LogP contribution in [0.4, 0.5) is 5.13 Å². The highest BCUT2D eigenvalue weighted by atomic mass is 32.2. The summed E-state index contributed by atoms with van der Waals surface area (Å²) in [6.45, 7) is 3.94. The Kier molecular flexibility index (Phi) is 5.79. The Balaban J connectivity index is 1.72. The smallest absolute Gasteiger partial charge is 0.316 e. The molecule has 2 aromatic heterocycles. The molecule has 26 heavy (non-hydrogen) atoms.